The van der Waals surface area contributed by atoms with Crippen molar-refractivity contribution in [1.29, 1.82) is 0 Å². The Hall–Kier alpha value is -2.86. The van der Waals surface area contributed by atoms with Crippen molar-refractivity contribution in [2.75, 3.05) is 6.61 Å². The van der Waals surface area contributed by atoms with Gasteiger partial charge in [-0.25, -0.2) is 9.78 Å². The van der Waals surface area contributed by atoms with E-state index in [1.54, 1.807) is 6.92 Å². The van der Waals surface area contributed by atoms with Gasteiger partial charge in [-0.05, 0) is 12.5 Å². The molecule has 2 heterocycles. The van der Waals surface area contributed by atoms with Crippen LogP contribution in [0.5, 0.6) is 11.6 Å². The number of ether oxygens (including phenoxy) is 2. The van der Waals surface area contributed by atoms with Crippen LogP contribution in [0.15, 0.2) is 42.6 Å². The molecule has 25 heavy (non-hydrogen) atoms. The lowest BCUT2D eigenvalue weighted by atomic mass is 10.2. The number of fused-ring (bicyclic) bond motifs is 1. The molecule has 0 saturated carbocycles. The standard InChI is InChI=1S/C18H15ClN2O4/c1-2-24-18(23)12-9-20-15-13(19)8-14(21-16(15)17(12)22)25-10-11-6-4-3-5-7-11/h3-9H,2,10H2,1H3,(H,20,22). The van der Waals surface area contributed by atoms with Crippen molar-refractivity contribution in [3.8, 4) is 11.6 Å². The van der Waals surface area contributed by atoms with E-state index >= 15 is 0 Å². The third kappa shape index (κ3) is 3.64. The summed E-state index contributed by atoms with van der Waals surface area (Å²) >= 11 is 6.20. The molecule has 1 aromatic carbocycles. The van der Waals surface area contributed by atoms with Crippen molar-refractivity contribution in [1.82, 2.24) is 9.97 Å². The predicted molar refractivity (Wildman–Crippen MR) is 92.9 cm³/mol. The van der Waals surface area contributed by atoms with E-state index < -0.39 is 5.97 Å². The fraction of sp³-hybridized carbons (Fsp3) is 0.167. The summed E-state index contributed by atoms with van der Waals surface area (Å²) in [5.41, 5.74) is 1.25. The van der Waals surface area contributed by atoms with Crippen LogP contribution in [0.2, 0.25) is 5.02 Å². The van der Waals surface area contributed by atoms with Gasteiger partial charge in [-0.15, -0.1) is 0 Å². The maximum Gasteiger partial charge on any atom is 0.343 e. The van der Waals surface area contributed by atoms with Gasteiger partial charge in [0, 0.05) is 12.3 Å². The van der Waals surface area contributed by atoms with E-state index in [-0.39, 0.29) is 39.9 Å². The van der Waals surface area contributed by atoms with E-state index in [1.807, 2.05) is 30.3 Å². The lowest BCUT2D eigenvalue weighted by molar-refractivity contribution is 0.0523. The molecule has 3 aromatic rings. The summed E-state index contributed by atoms with van der Waals surface area (Å²) < 4.78 is 10.5. The molecule has 0 fully saturated rings. The molecule has 6 nitrogen and oxygen atoms in total. The van der Waals surface area contributed by atoms with Crippen LogP contribution < -0.4 is 4.74 Å². The highest BCUT2D eigenvalue weighted by Crippen LogP contribution is 2.32. The number of aromatic nitrogens is 2. The molecule has 3 rings (SSSR count). The molecule has 0 amide bonds. The molecule has 0 atom stereocenters. The molecular formula is C18H15ClN2O4. The highest BCUT2D eigenvalue weighted by molar-refractivity contribution is 6.35. The van der Waals surface area contributed by atoms with Gasteiger partial charge in [-0.3, -0.25) is 4.98 Å². The lowest BCUT2D eigenvalue weighted by Gasteiger charge is -2.10. The molecule has 0 aliphatic rings. The van der Waals surface area contributed by atoms with Crippen molar-refractivity contribution in [3.63, 3.8) is 0 Å². The van der Waals surface area contributed by atoms with Gasteiger partial charge in [0.15, 0.2) is 5.75 Å². The van der Waals surface area contributed by atoms with Crippen LogP contribution in [0.1, 0.15) is 22.8 Å². The van der Waals surface area contributed by atoms with Gasteiger partial charge < -0.3 is 14.6 Å². The summed E-state index contributed by atoms with van der Waals surface area (Å²) in [5, 5.41) is 10.6. The minimum atomic E-state index is -0.678. The number of halogens is 1. The smallest absolute Gasteiger partial charge is 0.343 e. The Kier molecular flexibility index (Phi) is 5.00. The Morgan fingerprint density at radius 3 is 2.72 bits per heavy atom. The van der Waals surface area contributed by atoms with Crippen LogP contribution in [-0.2, 0) is 11.3 Å². The fourth-order valence-corrected chi connectivity index (χ4v) is 2.49. The summed E-state index contributed by atoms with van der Waals surface area (Å²) in [6.07, 6.45) is 1.22. The minimum absolute atomic E-state index is 0.0712. The molecular weight excluding hydrogens is 344 g/mol. The Morgan fingerprint density at radius 2 is 2.00 bits per heavy atom. The van der Waals surface area contributed by atoms with Gasteiger partial charge in [-0.2, -0.15) is 0 Å². The second-order valence-corrected chi connectivity index (χ2v) is 5.56. The monoisotopic (exact) mass is 358 g/mol. The van der Waals surface area contributed by atoms with E-state index in [4.69, 9.17) is 21.1 Å². The summed E-state index contributed by atoms with van der Waals surface area (Å²) in [5.74, 6) is -0.794. The molecule has 1 N–H and O–H groups in total. The largest absolute Gasteiger partial charge is 0.505 e. The topological polar surface area (TPSA) is 81.5 Å². The number of hydrogen-bond donors (Lipinski definition) is 1. The van der Waals surface area contributed by atoms with E-state index in [0.29, 0.717) is 6.61 Å². The van der Waals surface area contributed by atoms with Gasteiger partial charge in [0.05, 0.1) is 11.6 Å². The molecule has 0 unspecified atom stereocenters. The van der Waals surface area contributed by atoms with Crippen molar-refractivity contribution in [3.05, 3.63) is 58.7 Å². The third-order valence-electron chi connectivity index (χ3n) is 3.45. The molecule has 0 radical (unpaired) electrons. The van der Waals surface area contributed by atoms with Gasteiger partial charge in [0.2, 0.25) is 5.88 Å². The zero-order valence-electron chi connectivity index (χ0n) is 13.4. The Balaban J connectivity index is 1.95. The summed E-state index contributed by atoms with van der Waals surface area (Å²) in [6, 6.07) is 11.1. The van der Waals surface area contributed by atoms with Gasteiger partial charge >= 0.3 is 5.97 Å². The first-order chi connectivity index (χ1) is 12.1. The number of aromatic hydroxyl groups is 1. The number of rotatable bonds is 5. The SMILES string of the molecule is CCOC(=O)c1cnc2c(Cl)cc(OCc3ccccc3)nc2c1O. The van der Waals surface area contributed by atoms with Crippen molar-refractivity contribution < 1.29 is 19.4 Å². The van der Waals surface area contributed by atoms with E-state index in [9.17, 15) is 9.90 Å². The van der Waals surface area contributed by atoms with Crippen LogP contribution in [0.4, 0.5) is 0 Å². The average Bonchev–Trinajstić information content (AvgIpc) is 2.62. The number of nitrogens with zero attached hydrogens (tertiary/aromatic N) is 2. The second kappa shape index (κ2) is 7.36. The zero-order chi connectivity index (χ0) is 17.8. The summed E-state index contributed by atoms with van der Waals surface area (Å²) in [6.45, 7) is 2.15. The van der Waals surface area contributed by atoms with Crippen molar-refractivity contribution in [2.24, 2.45) is 0 Å². The summed E-state index contributed by atoms with van der Waals surface area (Å²) in [4.78, 5) is 20.2. The van der Waals surface area contributed by atoms with E-state index in [1.165, 1.54) is 12.3 Å². The number of carbonyl (C=O) groups excluding carboxylic acids is 1. The Morgan fingerprint density at radius 1 is 1.24 bits per heavy atom. The molecule has 0 aliphatic heterocycles. The van der Waals surface area contributed by atoms with E-state index in [2.05, 4.69) is 9.97 Å². The molecule has 0 aliphatic carbocycles. The lowest BCUT2D eigenvalue weighted by Crippen LogP contribution is -2.06. The number of benzene rings is 1. The van der Waals surface area contributed by atoms with Gasteiger partial charge in [0.25, 0.3) is 0 Å². The highest BCUT2D eigenvalue weighted by atomic mass is 35.5. The van der Waals surface area contributed by atoms with E-state index in [0.717, 1.165) is 5.56 Å². The number of hydrogen-bond acceptors (Lipinski definition) is 6. The fourth-order valence-electron chi connectivity index (χ4n) is 2.25. The van der Waals surface area contributed by atoms with Crippen LogP contribution >= 0.6 is 11.6 Å². The normalized spacial score (nSPS) is 10.6. The summed E-state index contributed by atoms with van der Waals surface area (Å²) in [7, 11) is 0. The van der Waals surface area contributed by atoms with Gasteiger partial charge in [0.1, 0.15) is 23.2 Å². The second-order valence-electron chi connectivity index (χ2n) is 5.15. The maximum absolute atomic E-state index is 11.9. The quantitative estimate of drug-likeness (QED) is 0.699. The Labute approximate surface area is 149 Å². The molecule has 128 valence electrons. The third-order valence-corrected chi connectivity index (χ3v) is 3.74. The minimum Gasteiger partial charge on any atom is -0.505 e. The van der Waals surface area contributed by atoms with Crippen molar-refractivity contribution in [2.45, 2.75) is 13.5 Å². The molecule has 0 bridgehead atoms. The molecule has 7 heteroatoms. The number of esters is 1. The molecule has 0 spiro atoms. The van der Waals surface area contributed by atoms with Crippen molar-refractivity contribution >= 4 is 28.6 Å². The van der Waals surface area contributed by atoms with Crippen LogP contribution in [-0.4, -0.2) is 27.7 Å². The zero-order valence-corrected chi connectivity index (χ0v) is 14.2. The van der Waals surface area contributed by atoms with Crippen LogP contribution in [0, 0.1) is 0 Å². The Bertz CT molecular complexity index is 916. The van der Waals surface area contributed by atoms with Crippen LogP contribution in [0.25, 0.3) is 11.0 Å². The predicted octanol–water partition coefficient (Wildman–Crippen LogP) is 3.74. The highest BCUT2D eigenvalue weighted by Gasteiger charge is 2.19. The molecule has 2 aromatic heterocycles. The first kappa shape index (κ1) is 17.0. The average molecular weight is 359 g/mol. The van der Waals surface area contributed by atoms with Crippen LogP contribution in [0.3, 0.4) is 0 Å². The first-order valence-electron chi connectivity index (χ1n) is 7.62. The molecule has 0 saturated heterocycles. The maximum atomic E-state index is 11.9. The van der Waals surface area contributed by atoms with Gasteiger partial charge in [-0.1, -0.05) is 41.9 Å². The number of pyridine rings is 2. The number of carbonyl (C=O) groups is 1. The first-order valence-corrected chi connectivity index (χ1v) is 8.00.